The number of H-pyrrole nitrogens is 1. The van der Waals surface area contributed by atoms with Gasteiger partial charge >= 0.3 is 0 Å². The molecule has 1 aliphatic carbocycles. The van der Waals surface area contributed by atoms with E-state index in [1.54, 1.807) is 6.33 Å². The molecule has 106 valence electrons. The van der Waals surface area contributed by atoms with E-state index in [1.807, 2.05) is 0 Å². The number of fused-ring (bicyclic) bond motifs is 2. The highest BCUT2D eigenvalue weighted by Gasteiger charge is 2.21. The molecule has 5 nitrogen and oxygen atoms in total. The Hall–Kier alpha value is -2.43. The van der Waals surface area contributed by atoms with E-state index >= 15 is 0 Å². The summed E-state index contributed by atoms with van der Waals surface area (Å²) >= 11 is 0. The van der Waals surface area contributed by atoms with Crippen LogP contribution in [0.3, 0.4) is 0 Å². The summed E-state index contributed by atoms with van der Waals surface area (Å²) in [7, 11) is 0. The zero-order chi connectivity index (χ0) is 14.1. The van der Waals surface area contributed by atoms with Crippen LogP contribution in [0.2, 0.25) is 0 Å². The Morgan fingerprint density at radius 3 is 3.14 bits per heavy atom. The molecule has 2 heterocycles. The van der Waals surface area contributed by atoms with Crippen molar-refractivity contribution in [1.82, 2.24) is 19.9 Å². The average Bonchev–Trinajstić information content (AvgIpc) is 3.02. The summed E-state index contributed by atoms with van der Waals surface area (Å²) in [4.78, 5) is 15.5. The van der Waals surface area contributed by atoms with Crippen molar-refractivity contribution >= 4 is 11.2 Å². The number of aromatic amines is 1. The second-order valence-corrected chi connectivity index (χ2v) is 5.38. The number of imidazole rings is 1. The summed E-state index contributed by atoms with van der Waals surface area (Å²) in [6, 6.07) is 8.66. The molecule has 2 aromatic heterocycles. The number of aryl methyl sites for hydroxylation is 1. The zero-order valence-corrected chi connectivity index (χ0v) is 11.6. The number of aromatic nitrogens is 4. The minimum absolute atomic E-state index is 0.433. The van der Waals surface area contributed by atoms with Gasteiger partial charge < -0.3 is 9.72 Å². The van der Waals surface area contributed by atoms with Gasteiger partial charge in [0.2, 0.25) is 5.88 Å². The minimum Gasteiger partial charge on any atom is -0.475 e. The highest BCUT2D eigenvalue weighted by molar-refractivity contribution is 5.74. The molecule has 1 aliphatic rings. The van der Waals surface area contributed by atoms with E-state index in [1.165, 1.54) is 30.3 Å². The fourth-order valence-corrected chi connectivity index (χ4v) is 3.06. The average molecular weight is 280 g/mol. The van der Waals surface area contributed by atoms with Crippen molar-refractivity contribution in [3.63, 3.8) is 0 Å². The van der Waals surface area contributed by atoms with E-state index in [2.05, 4.69) is 44.2 Å². The molecular formula is C16H16N4O. The normalized spacial score (nSPS) is 17.6. The number of hydrogen-bond acceptors (Lipinski definition) is 4. The van der Waals surface area contributed by atoms with E-state index in [9.17, 15) is 0 Å². The standard InChI is InChI=1S/C16H16N4O/c1-2-7-13-11(4-1)5-3-6-12(13)8-21-16-14-15(18-9-17-14)19-10-20-16/h1-2,4,7,9-10,12H,3,5-6,8H2,(H,17,18,19,20). The molecule has 1 unspecified atom stereocenters. The molecule has 1 aromatic carbocycles. The second-order valence-electron chi connectivity index (χ2n) is 5.38. The molecule has 0 fully saturated rings. The van der Waals surface area contributed by atoms with Gasteiger partial charge in [0.15, 0.2) is 5.65 Å². The SMILES string of the molecule is c1ccc2c(c1)CCCC2COc1ncnc2nc[nH]c12. The molecule has 21 heavy (non-hydrogen) atoms. The van der Waals surface area contributed by atoms with Gasteiger partial charge in [-0.25, -0.2) is 9.97 Å². The largest absolute Gasteiger partial charge is 0.475 e. The van der Waals surface area contributed by atoms with Gasteiger partial charge in [0.05, 0.1) is 12.9 Å². The van der Waals surface area contributed by atoms with Crippen LogP contribution in [0.25, 0.3) is 11.2 Å². The van der Waals surface area contributed by atoms with Crippen LogP contribution in [0.1, 0.15) is 29.9 Å². The van der Waals surface area contributed by atoms with Crippen molar-refractivity contribution in [1.29, 1.82) is 0 Å². The number of ether oxygens (including phenoxy) is 1. The maximum Gasteiger partial charge on any atom is 0.243 e. The maximum absolute atomic E-state index is 5.95. The lowest BCUT2D eigenvalue weighted by atomic mass is 9.83. The number of nitrogens with zero attached hydrogens (tertiary/aromatic N) is 3. The smallest absolute Gasteiger partial charge is 0.243 e. The molecule has 1 N–H and O–H groups in total. The summed E-state index contributed by atoms with van der Waals surface area (Å²) in [5.41, 5.74) is 4.27. The van der Waals surface area contributed by atoms with Gasteiger partial charge in [0, 0.05) is 5.92 Å². The highest BCUT2D eigenvalue weighted by atomic mass is 16.5. The Morgan fingerprint density at radius 1 is 1.19 bits per heavy atom. The van der Waals surface area contributed by atoms with Crippen molar-refractivity contribution < 1.29 is 4.74 Å². The van der Waals surface area contributed by atoms with Crippen LogP contribution in [0.15, 0.2) is 36.9 Å². The molecule has 5 heteroatoms. The van der Waals surface area contributed by atoms with Crippen molar-refractivity contribution in [2.24, 2.45) is 0 Å². The summed E-state index contributed by atoms with van der Waals surface area (Å²) in [5, 5.41) is 0. The summed E-state index contributed by atoms with van der Waals surface area (Å²) in [6.07, 6.45) is 6.66. The third-order valence-corrected chi connectivity index (χ3v) is 4.10. The molecular weight excluding hydrogens is 264 g/mol. The number of nitrogens with one attached hydrogen (secondary N) is 1. The van der Waals surface area contributed by atoms with Gasteiger partial charge in [-0.15, -0.1) is 0 Å². The van der Waals surface area contributed by atoms with Crippen LogP contribution in [-0.2, 0) is 6.42 Å². The molecule has 0 amide bonds. The number of benzene rings is 1. The molecule has 0 aliphatic heterocycles. The second kappa shape index (κ2) is 5.16. The summed E-state index contributed by atoms with van der Waals surface area (Å²) in [5.74, 6) is 1.02. The maximum atomic E-state index is 5.95. The monoisotopic (exact) mass is 280 g/mol. The Morgan fingerprint density at radius 2 is 2.14 bits per heavy atom. The topological polar surface area (TPSA) is 63.7 Å². The molecule has 0 radical (unpaired) electrons. The molecule has 1 atom stereocenters. The van der Waals surface area contributed by atoms with Gasteiger partial charge in [-0.05, 0) is 30.4 Å². The van der Waals surface area contributed by atoms with Crippen LogP contribution >= 0.6 is 0 Å². The van der Waals surface area contributed by atoms with Gasteiger partial charge in [-0.2, -0.15) is 4.98 Å². The molecule has 0 saturated heterocycles. The van der Waals surface area contributed by atoms with E-state index in [-0.39, 0.29) is 0 Å². The Labute approximate surface area is 122 Å². The fourth-order valence-electron chi connectivity index (χ4n) is 3.06. The predicted molar refractivity (Wildman–Crippen MR) is 79.3 cm³/mol. The third-order valence-electron chi connectivity index (χ3n) is 4.10. The quantitative estimate of drug-likeness (QED) is 0.801. The number of hydrogen-bond donors (Lipinski definition) is 1. The van der Waals surface area contributed by atoms with E-state index in [0.29, 0.717) is 24.1 Å². The van der Waals surface area contributed by atoms with Crippen molar-refractivity contribution in [3.05, 3.63) is 48.0 Å². The van der Waals surface area contributed by atoms with Crippen LogP contribution in [0.4, 0.5) is 0 Å². The zero-order valence-electron chi connectivity index (χ0n) is 11.6. The summed E-state index contributed by atoms with van der Waals surface area (Å²) in [6.45, 7) is 0.641. The van der Waals surface area contributed by atoms with Gasteiger partial charge in [0.25, 0.3) is 0 Å². The molecule has 0 bridgehead atoms. The van der Waals surface area contributed by atoms with Crippen molar-refractivity contribution in [2.75, 3.05) is 6.61 Å². The molecule has 0 saturated carbocycles. The first-order valence-corrected chi connectivity index (χ1v) is 7.26. The van der Waals surface area contributed by atoms with Crippen molar-refractivity contribution in [3.8, 4) is 5.88 Å². The lowest BCUT2D eigenvalue weighted by Crippen LogP contribution is -2.17. The van der Waals surface area contributed by atoms with Crippen LogP contribution in [-0.4, -0.2) is 26.5 Å². The Kier molecular flexibility index (Phi) is 3.03. The molecule has 3 aromatic rings. The van der Waals surface area contributed by atoms with Crippen LogP contribution < -0.4 is 4.74 Å². The first-order valence-electron chi connectivity index (χ1n) is 7.26. The summed E-state index contributed by atoms with van der Waals surface area (Å²) < 4.78 is 5.95. The fraction of sp³-hybridized carbons (Fsp3) is 0.312. The van der Waals surface area contributed by atoms with Gasteiger partial charge in [0.1, 0.15) is 11.8 Å². The minimum atomic E-state index is 0.433. The third kappa shape index (κ3) is 2.24. The Balaban J connectivity index is 1.57. The Bertz CT molecular complexity index is 768. The molecule has 4 rings (SSSR count). The first kappa shape index (κ1) is 12.3. The van der Waals surface area contributed by atoms with Gasteiger partial charge in [-0.1, -0.05) is 24.3 Å². The van der Waals surface area contributed by atoms with Gasteiger partial charge in [-0.3, -0.25) is 0 Å². The lowest BCUT2D eigenvalue weighted by molar-refractivity contribution is 0.267. The van der Waals surface area contributed by atoms with Crippen LogP contribution in [0.5, 0.6) is 5.88 Å². The number of rotatable bonds is 3. The predicted octanol–water partition coefficient (Wildman–Crippen LogP) is 2.85. The van der Waals surface area contributed by atoms with E-state index in [4.69, 9.17) is 4.74 Å². The van der Waals surface area contributed by atoms with Crippen LogP contribution in [0, 0.1) is 0 Å². The highest BCUT2D eigenvalue weighted by Crippen LogP contribution is 2.32. The lowest BCUT2D eigenvalue weighted by Gasteiger charge is -2.25. The molecule has 0 spiro atoms. The first-order chi connectivity index (χ1) is 10.4. The van der Waals surface area contributed by atoms with E-state index < -0.39 is 0 Å². The van der Waals surface area contributed by atoms with E-state index in [0.717, 1.165) is 11.9 Å². The van der Waals surface area contributed by atoms with Crippen molar-refractivity contribution in [2.45, 2.75) is 25.2 Å².